The van der Waals surface area contributed by atoms with Gasteiger partial charge < -0.3 is 10.1 Å². The van der Waals surface area contributed by atoms with E-state index in [0.717, 1.165) is 34.7 Å². The lowest BCUT2D eigenvalue weighted by Crippen LogP contribution is -2.27. The van der Waals surface area contributed by atoms with Crippen LogP contribution in [0.3, 0.4) is 0 Å². The van der Waals surface area contributed by atoms with E-state index in [2.05, 4.69) is 57.3 Å². The Morgan fingerprint density at radius 2 is 1.52 bits per heavy atom. The number of carbonyl (C=O) groups is 1. The molecule has 0 aromatic heterocycles. The molecule has 1 aliphatic rings. The first kappa shape index (κ1) is 17.7. The molecule has 0 spiro atoms. The molecule has 1 heterocycles. The zero-order valence-corrected chi connectivity index (χ0v) is 16.0. The molecule has 1 aliphatic heterocycles. The Labute approximate surface area is 150 Å². The maximum absolute atomic E-state index is 11.8. The zero-order valence-electron chi connectivity index (χ0n) is 16.0. The van der Waals surface area contributed by atoms with Crippen molar-refractivity contribution in [2.24, 2.45) is 0 Å². The van der Waals surface area contributed by atoms with Crippen molar-refractivity contribution in [1.82, 2.24) is 5.32 Å². The van der Waals surface area contributed by atoms with Gasteiger partial charge in [0.1, 0.15) is 17.3 Å². The molecule has 0 aliphatic carbocycles. The number of rotatable bonds is 4. The summed E-state index contributed by atoms with van der Waals surface area (Å²) in [6.45, 7) is 11.0. The number of ether oxygens (including phenoxy) is 1. The normalized spacial score (nSPS) is 14.5. The van der Waals surface area contributed by atoms with E-state index in [4.69, 9.17) is 4.74 Å². The van der Waals surface area contributed by atoms with Gasteiger partial charge in [-0.3, -0.25) is 4.79 Å². The van der Waals surface area contributed by atoms with Crippen molar-refractivity contribution in [2.75, 3.05) is 7.05 Å². The molecular weight excluding hydrogens is 310 g/mol. The lowest BCUT2D eigenvalue weighted by molar-refractivity contribution is -0.116. The van der Waals surface area contributed by atoms with Crippen LogP contribution in [-0.2, 0) is 23.2 Å². The summed E-state index contributed by atoms with van der Waals surface area (Å²) in [6, 6.07) is 8.61. The zero-order chi connectivity index (χ0) is 18.4. The van der Waals surface area contributed by atoms with E-state index >= 15 is 0 Å². The second kappa shape index (κ2) is 6.30. The van der Waals surface area contributed by atoms with E-state index in [-0.39, 0.29) is 11.2 Å². The molecule has 0 bridgehead atoms. The molecule has 0 saturated heterocycles. The van der Waals surface area contributed by atoms with Crippen LogP contribution in [0.2, 0.25) is 0 Å². The SMILES string of the molecule is CNCc1c(C)ccc2c1Oc1c(ccc(C)c1CC(C)=O)C2(C)C. The van der Waals surface area contributed by atoms with Crippen LogP contribution in [0.4, 0.5) is 0 Å². The number of hydrogen-bond acceptors (Lipinski definition) is 3. The summed E-state index contributed by atoms with van der Waals surface area (Å²) in [5, 5.41) is 3.25. The van der Waals surface area contributed by atoms with E-state index < -0.39 is 0 Å². The Morgan fingerprint density at radius 3 is 2.04 bits per heavy atom. The number of ketones is 1. The maximum Gasteiger partial charge on any atom is 0.136 e. The van der Waals surface area contributed by atoms with Gasteiger partial charge in [0.2, 0.25) is 0 Å². The van der Waals surface area contributed by atoms with Crippen LogP contribution in [0.5, 0.6) is 11.5 Å². The molecule has 0 fully saturated rings. The summed E-state index contributed by atoms with van der Waals surface area (Å²) in [5.74, 6) is 1.97. The smallest absolute Gasteiger partial charge is 0.136 e. The van der Waals surface area contributed by atoms with Crippen molar-refractivity contribution >= 4 is 5.78 Å². The third-order valence-corrected chi connectivity index (χ3v) is 5.32. The van der Waals surface area contributed by atoms with Gasteiger partial charge in [-0.15, -0.1) is 0 Å². The number of nitrogens with one attached hydrogen (secondary N) is 1. The van der Waals surface area contributed by atoms with Gasteiger partial charge in [0.05, 0.1) is 0 Å². The Balaban J connectivity index is 2.27. The van der Waals surface area contributed by atoms with Gasteiger partial charge in [-0.05, 0) is 38.9 Å². The first-order chi connectivity index (χ1) is 11.8. The highest BCUT2D eigenvalue weighted by atomic mass is 16.5. The van der Waals surface area contributed by atoms with Crippen LogP contribution in [0, 0.1) is 13.8 Å². The third-order valence-electron chi connectivity index (χ3n) is 5.32. The average Bonchev–Trinajstić information content (AvgIpc) is 2.52. The van der Waals surface area contributed by atoms with Crippen LogP contribution in [-0.4, -0.2) is 12.8 Å². The lowest BCUT2D eigenvalue weighted by atomic mass is 9.73. The minimum atomic E-state index is -0.168. The van der Waals surface area contributed by atoms with Crippen LogP contribution < -0.4 is 10.1 Å². The Morgan fingerprint density at radius 1 is 1.00 bits per heavy atom. The molecule has 3 heteroatoms. The molecule has 0 unspecified atom stereocenters. The second-order valence-electron chi connectivity index (χ2n) is 7.61. The summed E-state index contributed by atoms with van der Waals surface area (Å²) in [5.41, 5.74) is 6.71. The second-order valence-corrected chi connectivity index (χ2v) is 7.61. The van der Waals surface area contributed by atoms with E-state index in [1.165, 1.54) is 16.7 Å². The van der Waals surface area contributed by atoms with Gasteiger partial charge in [0.15, 0.2) is 0 Å². The van der Waals surface area contributed by atoms with Gasteiger partial charge in [0.25, 0.3) is 0 Å². The summed E-state index contributed by atoms with van der Waals surface area (Å²) < 4.78 is 6.50. The number of carbonyl (C=O) groups excluding carboxylic acids is 1. The first-order valence-electron chi connectivity index (χ1n) is 8.85. The topological polar surface area (TPSA) is 38.3 Å². The third kappa shape index (κ3) is 2.87. The van der Waals surface area contributed by atoms with Gasteiger partial charge >= 0.3 is 0 Å². The van der Waals surface area contributed by atoms with Gasteiger partial charge in [-0.25, -0.2) is 0 Å². The van der Waals surface area contributed by atoms with E-state index in [1.54, 1.807) is 6.92 Å². The molecule has 25 heavy (non-hydrogen) atoms. The maximum atomic E-state index is 11.8. The molecule has 3 rings (SSSR count). The lowest BCUT2D eigenvalue weighted by Gasteiger charge is -2.37. The highest BCUT2D eigenvalue weighted by Crippen LogP contribution is 2.51. The fraction of sp³-hybridized carbons (Fsp3) is 0.409. The van der Waals surface area contributed by atoms with Crippen LogP contribution in [0.15, 0.2) is 24.3 Å². The Bertz CT molecular complexity index is 850. The largest absolute Gasteiger partial charge is 0.456 e. The number of aryl methyl sites for hydroxylation is 2. The van der Waals surface area contributed by atoms with E-state index in [9.17, 15) is 4.79 Å². The minimum Gasteiger partial charge on any atom is -0.456 e. The summed E-state index contributed by atoms with van der Waals surface area (Å²) >= 11 is 0. The fourth-order valence-corrected chi connectivity index (χ4v) is 3.78. The molecule has 3 nitrogen and oxygen atoms in total. The van der Waals surface area contributed by atoms with Crippen molar-refractivity contribution in [3.8, 4) is 11.5 Å². The minimum absolute atomic E-state index is 0.156. The Hall–Kier alpha value is -2.13. The van der Waals surface area contributed by atoms with Crippen molar-refractivity contribution in [3.05, 3.63) is 57.6 Å². The summed E-state index contributed by atoms with van der Waals surface area (Å²) in [6.07, 6.45) is 0.410. The highest BCUT2D eigenvalue weighted by molar-refractivity contribution is 5.80. The van der Waals surface area contributed by atoms with E-state index in [0.29, 0.717) is 6.42 Å². The number of fused-ring (bicyclic) bond motifs is 2. The monoisotopic (exact) mass is 337 g/mol. The van der Waals surface area contributed by atoms with Crippen molar-refractivity contribution in [2.45, 2.75) is 53.0 Å². The van der Waals surface area contributed by atoms with Crippen molar-refractivity contribution in [1.29, 1.82) is 0 Å². The molecule has 2 aromatic rings. The fourth-order valence-electron chi connectivity index (χ4n) is 3.78. The Kier molecular flexibility index (Phi) is 4.46. The molecule has 1 N–H and O–H groups in total. The standard InChI is InChI=1S/C22H27NO2/c1-13-7-9-18-20(16(13)11-15(3)24)25-21-17(12-23-6)14(2)8-10-19(21)22(18,4)5/h7-10,23H,11-12H2,1-6H3. The predicted molar refractivity (Wildman–Crippen MR) is 102 cm³/mol. The quantitative estimate of drug-likeness (QED) is 0.887. The number of benzene rings is 2. The summed E-state index contributed by atoms with van der Waals surface area (Å²) in [4.78, 5) is 11.8. The highest BCUT2D eigenvalue weighted by Gasteiger charge is 2.37. The van der Waals surface area contributed by atoms with Crippen molar-refractivity contribution in [3.63, 3.8) is 0 Å². The average molecular weight is 337 g/mol. The molecule has 0 saturated carbocycles. The number of Topliss-reactive ketones (excluding diaryl/α,β-unsaturated/α-hetero) is 1. The van der Waals surface area contributed by atoms with Gasteiger partial charge in [-0.1, -0.05) is 38.1 Å². The van der Waals surface area contributed by atoms with Crippen LogP contribution in [0.25, 0.3) is 0 Å². The number of hydrogen-bond donors (Lipinski definition) is 1. The molecule has 2 aromatic carbocycles. The van der Waals surface area contributed by atoms with Gasteiger partial charge in [0, 0.05) is 40.6 Å². The summed E-state index contributed by atoms with van der Waals surface area (Å²) in [7, 11) is 1.95. The molecule has 0 atom stereocenters. The molecule has 132 valence electrons. The van der Waals surface area contributed by atoms with E-state index in [1.807, 2.05) is 7.05 Å². The molecular formula is C22H27NO2. The van der Waals surface area contributed by atoms with Gasteiger partial charge in [-0.2, -0.15) is 0 Å². The van der Waals surface area contributed by atoms with Crippen molar-refractivity contribution < 1.29 is 9.53 Å². The van der Waals surface area contributed by atoms with Crippen LogP contribution in [0.1, 0.15) is 54.2 Å². The first-order valence-corrected chi connectivity index (χ1v) is 8.85. The molecule has 0 amide bonds. The van der Waals surface area contributed by atoms with Crippen LogP contribution >= 0.6 is 0 Å². The molecule has 0 radical (unpaired) electrons. The predicted octanol–water partition coefficient (Wildman–Crippen LogP) is 4.59.